The zero-order valence-electron chi connectivity index (χ0n) is 9.48. The van der Waals surface area contributed by atoms with Crippen molar-refractivity contribution in [1.29, 1.82) is 0 Å². The summed E-state index contributed by atoms with van der Waals surface area (Å²) in [6.45, 7) is 3.36. The molecule has 4 nitrogen and oxygen atoms in total. The topological polar surface area (TPSA) is 55.6 Å². The molecule has 1 rings (SSSR count). The van der Waals surface area contributed by atoms with E-state index in [1.54, 1.807) is 7.11 Å². The summed E-state index contributed by atoms with van der Waals surface area (Å²) >= 11 is 0. The highest BCUT2D eigenvalue weighted by Gasteiger charge is 2.22. The molecule has 0 aromatic carbocycles. The van der Waals surface area contributed by atoms with Crippen LogP contribution in [-0.4, -0.2) is 60.0 Å². The molecule has 1 saturated heterocycles. The van der Waals surface area contributed by atoms with Crippen LogP contribution in [-0.2, 0) is 15.5 Å². The average Bonchev–Trinajstić information content (AvgIpc) is 2.25. The average molecular weight is 234 g/mol. The van der Waals surface area contributed by atoms with E-state index in [2.05, 4.69) is 4.90 Å². The summed E-state index contributed by atoms with van der Waals surface area (Å²) in [5.41, 5.74) is 5.52. The van der Waals surface area contributed by atoms with E-state index in [1.165, 1.54) is 0 Å². The van der Waals surface area contributed by atoms with Gasteiger partial charge in [-0.25, -0.2) is 0 Å². The zero-order valence-corrected chi connectivity index (χ0v) is 10.3. The largest absolute Gasteiger partial charge is 0.383 e. The quantitative estimate of drug-likeness (QED) is 0.692. The Morgan fingerprint density at radius 2 is 2.13 bits per heavy atom. The molecule has 0 aromatic rings. The van der Waals surface area contributed by atoms with Gasteiger partial charge in [-0.2, -0.15) is 0 Å². The van der Waals surface area contributed by atoms with Crippen molar-refractivity contribution < 1.29 is 8.95 Å². The first-order valence-corrected chi connectivity index (χ1v) is 7.04. The molecule has 1 aliphatic rings. The molecular formula is C10H22N2O2S. The van der Waals surface area contributed by atoms with Gasteiger partial charge in [0.1, 0.15) is 0 Å². The summed E-state index contributed by atoms with van der Waals surface area (Å²) in [7, 11) is 1.14. The van der Waals surface area contributed by atoms with Crippen LogP contribution in [0.5, 0.6) is 0 Å². The number of ether oxygens (including phenoxy) is 1. The van der Waals surface area contributed by atoms with E-state index in [4.69, 9.17) is 10.5 Å². The van der Waals surface area contributed by atoms with E-state index < -0.39 is 10.8 Å². The van der Waals surface area contributed by atoms with Gasteiger partial charge in [0, 0.05) is 48.5 Å². The molecule has 5 heteroatoms. The van der Waals surface area contributed by atoms with Crippen LogP contribution in [0.3, 0.4) is 0 Å². The van der Waals surface area contributed by atoms with Gasteiger partial charge < -0.3 is 10.5 Å². The van der Waals surface area contributed by atoms with Crippen molar-refractivity contribution in [2.75, 3.05) is 44.9 Å². The van der Waals surface area contributed by atoms with Crippen molar-refractivity contribution in [3.63, 3.8) is 0 Å². The van der Waals surface area contributed by atoms with Crippen LogP contribution in [0, 0.1) is 0 Å². The fourth-order valence-electron chi connectivity index (χ4n) is 1.93. The maximum atomic E-state index is 11.2. The van der Waals surface area contributed by atoms with E-state index in [0.29, 0.717) is 6.04 Å². The van der Waals surface area contributed by atoms with E-state index in [1.807, 2.05) is 0 Å². The smallest absolute Gasteiger partial charge is 0.0618 e. The van der Waals surface area contributed by atoms with Crippen LogP contribution < -0.4 is 5.73 Å². The Balaban J connectivity index is 2.36. The van der Waals surface area contributed by atoms with Gasteiger partial charge in [0.15, 0.2) is 0 Å². The fraction of sp³-hybridized carbons (Fsp3) is 1.00. The molecule has 1 heterocycles. The Morgan fingerprint density at radius 1 is 1.47 bits per heavy atom. The minimum Gasteiger partial charge on any atom is -0.383 e. The van der Waals surface area contributed by atoms with Gasteiger partial charge in [-0.3, -0.25) is 9.11 Å². The Hall–Kier alpha value is 0.0300. The molecule has 0 spiro atoms. The SMILES string of the molecule is COCC(CCCN)N1CCS(=O)CC1. The van der Waals surface area contributed by atoms with Crippen molar-refractivity contribution >= 4 is 10.8 Å². The highest BCUT2D eigenvalue weighted by atomic mass is 32.2. The minimum atomic E-state index is -0.594. The molecular weight excluding hydrogens is 212 g/mol. The van der Waals surface area contributed by atoms with Crippen molar-refractivity contribution in [2.45, 2.75) is 18.9 Å². The summed E-state index contributed by atoms with van der Waals surface area (Å²) in [5, 5.41) is 0. The van der Waals surface area contributed by atoms with Crippen LogP contribution in [0.2, 0.25) is 0 Å². The number of hydrogen-bond acceptors (Lipinski definition) is 4. The normalized spacial score (nSPS) is 21.7. The van der Waals surface area contributed by atoms with Crippen LogP contribution in [0.15, 0.2) is 0 Å². The van der Waals surface area contributed by atoms with Gasteiger partial charge in [-0.1, -0.05) is 0 Å². The monoisotopic (exact) mass is 234 g/mol. The molecule has 0 saturated carbocycles. The van der Waals surface area contributed by atoms with E-state index in [0.717, 1.165) is 50.6 Å². The Kier molecular flexibility index (Phi) is 6.40. The maximum absolute atomic E-state index is 11.2. The first-order chi connectivity index (χ1) is 7.27. The van der Waals surface area contributed by atoms with Gasteiger partial charge in [-0.05, 0) is 19.4 Å². The number of hydrogen-bond donors (Lipinski definition) is 1. The molecule has 1 atom stereocenters. The number of methoxy groups -OCH3 is 1. The third kappa shape index (κ3) is 4.59. The second-order valence-corrected chi connectivity index (χ2v) is 5.62. The molecule has 2 N–H and O–H groups in total. The first-order valence-electron chi connectivity index (χ1n) is 5.56. The third-order valence-corrected chi connectivity index (χ3v) is 4.11. The molecule has 0 bridgehead atoms. The Labute approximate surface area is 94.6 Å². The molecule has 90 valence electrons. The molecule has 15 heavy (non-hydrogen) atoms. The lowest BCUT2D eigenvalue weighted by Crippen LogP contribution is -2.46. The van der Waals surface area contributed by atoms with E-state index >= 15 is 0 Å². The summed E-state index contributed by atoms with van der Waals surface area (Å²) in [6, 6.07) is 0.454. The lowest BCUT2D eigenvalue weighted by molar-refractivity contribution is 0.0899. The summed E-state index contributed by atoms with van der Waals surface area (Å²) in [6.07, 6.45) is 2.12. The van der Waals surface area contributed by atoms with Crippen LogP contribution in [0.25, 0.3) is 0 Å². The van der Waals surface area contributed by atoms with Crippen molar-refractivity contribution in [3.8, 4) is 0 Å². The van der Waals surface area contributed by atoms with E-state index in [-0.39, 0.29) is 0 Å². The predicted octanol–water partition coefficient (Wildman–Crippen LogP) is -0.195. The lowest BCUT2D eigenvalue weighted by atomic mass is 10.1. The highest BCUT2D eigenvalue weighted by Crippen LogP contribution is 2.10. The molecule has 0 amide bonds. The lowest BCUT2D eigenvalue weighted by Gasteiger charge is -2.33. The van der Waals surface area contributed by atoms with Crippen LogP contribution in [0.1, 0.15) is 12.8 Å². The van der Waals surface area contributed by atoms with Crippen LogP contribution in [0.4, 0.5) is 0 Å². The predicted molar refractivity (Wildman–Crippen MR) is 63.4 cm³/mol. The minimum absolute atomic E-state index is 0.454. The van der Waals surface area contributed by atoms with Crippen molar-refractivity contribution in [2.24, 2.45) is 5.73 Å². The fourth-order valence-corrected chi connectivity index (χ4v) is 3.01. The molecule has 0 radical (unpaired) electrons. The van der Waals surface area contributed by atoms with Crippen LogP contribution >= 0.6 is 0 Å². The molecule has 1 unspecified atom stereocenters. The molecule has 0 aromatic heterocycles. The molecule has 0 aliphatic carbocycles. The number of nitrogens with two attached hydrogens (primary N) is 1. The Bertz CT molecular complexity index is 192. The van der Waals surface area contributed by atoms with Gasteiger partial charge >= 0.3 is 0 Å². The van der Waals surface area contributed by atoms with Gasteiger partial charge in [-0.15, -0.1) is 0 Å². The van der Waals surface area contributed by atoms with Gasteiger partial charge in [0.25, 0.3) is 0 Å². The zero-order chi connectivity index (χ0) is 11.1. The molecule has 1 fully saturated rings. The summed E-state index contributed by atoms with van der Waals surface area (Å²) in [4.78, 5) is 2.39. The number of nitrogens with zero attached hydrogens (tertiary/aromatic N) is 1. The standard InChI is InChI=1S/C10H22N2O2S/c1-14-9-10(3-2-4-11)12-5-7-15(13)8-6-12/h10H,2-9,11H2,1H3. The highest BCUT2D eigenvalue weighted by molar-refractivity contribution is 7.85. The van der Waals surface area contributed by atoms with Gasteiger partial charge in [0.2, 0.25) is 0 Å². The first kappa shape index (κ1) is 13.1. The Morgan fingerprint density at radius 3 is 2.67 bits per heavy atom. The van der Waals surface area contributed by atoms with Gasteiger partial charge in [0.05, 0.1) is 6.61 Å². The maximum Gasteiger partial charge on any atom is 0.0618 e. The second-order valence-electron chi connectivity index (χ2n) is 3.92. The summed E-state index contributed by atoms with van der Waals surface area (Å²) in [5.74, 6) is 1.62. The second kappa shape index (κ2) is 7.33. The van der Waals surface area contributed by atoms with E-state index in [9.17, 15) is 4.21 Å². The third-order valence-electron chi connectivity index (χ3n) is 2.83. The number of rotatable bonds is 6. The van der Waals surface area contributed by atoms with Crippen molar-refractivity contribution in [3.05, 3.63) is 0 Å². The molecule has 1 aliphatic heterocycles. The van der Waals surface area contributed by atoms with Crippen molar-refractivity contribution in [1.82, 2.24) is 4.90 Å². The summed E-state index contributed by atoms with van der Waals surface area (Å²) < 4.78 is 16.5.